The van der Waals surface area contributed by atoms with Crippen LogP contribution in [0, 0.1) is 6.92 Å². The van der Waals surface area contributed by atoms with Gasteiger partial charge in [-0.25, -0.2) is 4.98 Å². The fraction of sp³-hybridized carbons (Fsp3) is 0.118. The molecule has 116 valence electrons. The lowest BCUT2D eigenvalue weighted by Gasteiger charge is -2.23. The number of hydrogen-bond acceptors (Lipinski definition) is 3. The van der Waals surface area contributed by atoms with E-state index < -0.39 is 0 Å². The molecule has 1 aliphatic rings. The molecule has 2 aromatic heterocycles. The molecule has 3 heterocycles. The minimum Gasteiger partial charge on any atom is -0.328 e. The third kappa shape index (κ3) is 2.57. The summed E-state index contributed by atoms with van der Waals surface area (Å²) in [5, 5.41) is 2.92. The average molecular weight is 407 g/mol. The molecule has 4 rings (SSSR count). The number of aryl methyl sites for hydroxylation is 1. The van der Waals surface area contributed by atoms with E-state index in [9.17, 15) is 0 Å². The molecule has 23 heavy (non-hydrogen) atoms. The molecular formula is C17H13BrClN3S. The largest absolute Gasteiger partial charge is 0.328 e. The van der Waals surface area contributed by atoms with E-state index in [2.05, 4.69) is 41.8 Å². The monoisotopic (exact) mass is 405 g/mol. The Balaban J connectivity index is 1.85. The highest BCUT2D eigenvalue weighted by atomic mass is 79.9. The second kappa shape index (κ2) is 5.89. The predicted octanol–water partition coefficient (Wildman–Crippen LogP) is 5.57. The highest BCUT2D eigenvalue weighted by Crippen LogP contribution is 2.40. The first kappa shape index (κ1) is 15.1. The summed E-state index contributed by atoms with van der Waals surface area (Å²) in [6.45, 7) is 2.05. The van der Waals surface area contributed by atoms with Gasteiger partial charge in [-0.3, -0.25) is 4.40 Å². The number of nitrogens with zero attached hydrogens (tertiary/aromatic N) is 3. The summed E-state index contributed by atoms with van der Waals surface area (Å²) in [6.07, 6.45) is 2.05. The molecule has 0 saturated carbocycles. The molecule has 0 atom stereocenters. The van der Waals surface area contributed by atoms with Gasteiger partial charge in [0.05, 0.1) is 33.7 Å². The molecule has 0 unspecified atom stereocenters. The molecule has 0 aliphatic carbocycles. The van der Waals surface area contributed by atoms with Crippen molar-refractivity contribution < 1.29 is 0 Å². The topological polar surface area (TPSA) is 20.5 Å². The van der Waals surface area contributed by atoms with Crippen LogP contribution in [0.5, 0.6) is 0 Å². The summed E-state index contributed by atoms with van der Waals surface area (Å²) in [5.74, 6) is 0.843. The predicted molar refractivity (Wildman–Crippen MR) is 102 cm³/mol. The first-order chi connectivity index (χ1) is 11.1. The fourth-order valence-corrected chi connectivity index (χ4v) is 4.50. The normalized spacial score (nSPS) is 14.6. The molecule has 0 N–H and O–H groups in total. The second-order valence-corrected chi connectivity index (χ2v) is 7.45. The van der Waals surface area contributed by atoms with E-state index in [1.54, 1.807) is 11.8 Å². The number of benzene rings is 1. The van der Waals surface area contributed by atoms with E-state index in [1.165, 1.54) is 0 Å². The van der Waals surface area contributed by atoms with Crippen LogP contribution in [0.1, 0.15) is 11.4 Å². The Kier molecular flexibility index (Phi) is 3.87. The lowest BCUT2D eigenvalue weighted by atomic mass is 10.2. The molecular weight excluding hydrogens is 394 g/mol. The molecule has 3 aromatic rings. The zero-order valence-electron chi connectivity index (χ0n) is 12.3. The third-order valence-electron chi connectivity index (χ3n) is 3.84. The SMILES string of the molecule is Cc1nc2ccccn2c1C1=CSCN1c1ccc(Br)cc1Cl. The van der Waals surface area contributed by atoms with Crippen LogP contribution < -0.4 is 4.90 Å². The molecule has 1 aromatic carbocycles. The van der Waals surface area contributed by atoms with Gasteiger partial charge in [-0.2, -0.15) is 0 Å². The van der Waals surface area contributed by atoms with Gasteiger partial charge in [-0.15, -0.1) is 11.8 Å². The fourth-order valence-electron chi connectivity index (χ4n) is 2.83. The Bertz CT molecular complexity index is 935. The number of halogens is 2. The molecule has 0 fully saturated rings. The van der Waals surface area contributed by atoms with Gasteiger partial charge in [0.25, 0.3) is 0 Å². The summed E-state index contributed by atoms with van der Waals surface area (Å²) < 4.78 is 3.11. The Morgan fingerprint density at radius 2 is 2.13 bits per heavy atom. The number of aromatic nitrogens is 2. The van der Waals surface area contributed by atoms with Crippen LogP contribution in [0.15, 0.2) is 52.5 Å². The van der Waals surface area contributed by atoms with Crippen LogP contribution >= 0.6 is 39.3 Å². The summed E-state index contributed by atoms with van der Waals surface area (Å²) in [5.41, 5.74) is 5.24. The van der Waals surface area contributed by atoms with Crippen molar-refractivity contribution >= 4 is 56.3 Å². The third-order valence-corrected chi connectivity index (χ3v) is 5.43. The van der Waals surface area contributed by atoms with Gasteiger partial charge >= 0.3 is 0 Å². The van der Waals surface area contributed by atoms with Gasteiger partial charge in [-0.1, -0.05) is 33.6 Å². The van der Waals surface area contributed by atoms with Gasteiger partial charge in [0.15, 0.2) is 0 Å². The Morgan fingerprint density at radius 1 is 1.26 bits per heavy atom. The zero-order chi connectivity index (χ0) is 16.0. The van der Waals surface area contributed by atoms with Crippen LogP contribution in [0.3, 0.4) is 0 Å². The number of imidazole rings is 1. The van der Waals surface area contributed by atoms with Crippen LogP contribution in [0.25, 0.3) is 11.3 Å². The highest BCUT2D eigenvalue weighted by Gasteiger charge is 2.25. The van der Waals surface area contributed by atoms with Gasteiger partial charge in [0.1, 0.15) is 5.65 Å². The standard InChI is InChI=1S/C17H13BrClN3S/c1-11-17(21-7-3-2-4-16(21)20-11)15-9-23-10-22(15)14-6-5-12(18)8-13(14)19/h2-9H,10H2,1H3. The number of anilines is 1. The van der Waals surface area contributed by atoms with Crippen molar-refractivity contribution in [1.29, 1.82) is 0 Å². The van der Waals surface area contributed by atoms with E-state index in [-0.39, 0.29) is 0 Å². The Hall–Kier alpha value is -1.43. The summed E-state index contributed by atoms with van der Waals surface area (Å²) in [7, 11) is 0. The minimum absolute atomic E-state index is 0.735. The number of fused-ring (bicyclic) bond motifs is 1. The molecule has 3 nitrogen and oxygen atoms in total. The summed E-state index contributed by atoms with van der Waals surface area (Å²) in [4.78, 5) is 6.91. The number of rotatable bonds is 2. The van der Waals surface area contributed by atoms with Crippen molar-refractivity contribution in [3.05, 3.63) is 68.9 Å². The van der Waals surface area contributed by atoms with Crippen molar-refractivity contribution in [3.63, 3.8) is 0 Å². The zero-order valence-corrected chi connectivity index (χ0v) is 15.5. The van der Waals surface area contributed by atoms with E-state index in [4.69, 9.17) is 11.6 Å². The van der Waals surface area contributed by atoms with Crippen molar-refractivity contribution in [1.82, 2.24) is 9.38 Å². The average Bonchev–Trinajstić information content (AvgIpc) is 3.10. The summed E-state index contributed by atoms with van der Waals surface area (Å²) >= 11 is 11.7. The van der Waals surface area contributed by atoms with Crippen molar-refractivity contribution in [3.8, 4) is 0 Å². The summed E-state index contributed by atoms with van der Waals surface area (Å²) in [6, 6.07) is 12.0. The molecule has 1 aliphatic heterocycles. The lowest BCUT2D eigenvalue weighted by Crippen LogP contribution is -2.18. The van der Waals surface area contributed by atoms with E-state index in [1.807, 2.05) is 43.3 Å². The van der Waals surface area contributed by atoms with Crippen LogP contribution in [-0.2, 0) is 0 Å². The van der Waals surface area contributed by atoms with Crippen molar-refractivity contribution in [2.24, 2.45) is 0 Å². The Morgan fingerprint density at radius 3 is 2.96 bits per heavy atom. The van der Waals surface area contributed by atoms with Crippen LogP contribution in [-0.4, -0.2) is 15.3 Å². The van der Waals surface area contributed by atoms with Gasteiger partial charge in [-0.05, 0) is 42.7 Å². The maximum atomic E-state index is 6.46. The van der Waals surface area contributed by atoms with Crippen molar-refractivity contribution in [2.45, 2.75) is 6.92 Å². The number of thioether (sulfide) groups is 1. The first-order valence-electron chi connectivity index (χ1n) is 7.13. The lowest BCUT2D eigenvalue weighted by molar-refractivity contribution is 1.10. The first-order valence-corrected chi connectivity index (χ1v) is 9.35. The van der Waals surface area contributed by atoms with Crippen LogP contribution in [0.4, 0.5) is 5.69 Å². The number of hydrogen-bond donors (Lipinski definition) is 0. The second-order valence-electron chi connectivity index (χ2n) is 5.30. The Labute approximate surface area is 152 Å². The maximum Gasteiger partial charge on any atom is 0.137 e. The number of pyridine rings is 1. The molecule has 6 heteroatoms. The highest BCUT2D eigenvalue weighted by molar-refractivity contribution is 9.10. The molecule has 0 amide bonds. The molecule has 0 spiro atoms. The van der Waals surface area contributed by atoms with Gasteiger partial charge in [0, 0.05) is 10.7 Å². The van der Waals surface area contributed by atoms with E-state index in [0.717, 1.165) is 43.8 Å². The maximum absolute atomic E-state index is 6.46. The molecule has 0 saturated heterocycles. The van der Waals surface area contributed by atoms with E-state index >= 15 is 0 Å². The molecule has 0 radical (unpaired) electrons. The smallest absolute Gasteiger partial charge is 0.137 e. The van der Waals surface area contributed by atoms with Gasteiger partial charge < -0.3 is 4.90 Å². The van der Waals surface area contributed by atoms with E-state index in [0.29, 0.717) is 0 Å². The molecule has 0 bridgehead atoms. The van der Waals surface area contributed by atoms with Gasteiger partial charge in [0.2, 0.25) is 0 Å². The quantitative estimate of drug-likeness (QED) is 0.555. The minimum atomic E-state index is 0.735. The van der Waals surface area contributed by atoms with Crippen LogP contribution in [0.2, 0.25) is 5.02 Å². The van der Waals surface area contributed by atoms with Crippen molar-refractivity contribution in [2.75, 3.05) is 10.8 Å².